The van der Waals surface area contributed by atoms with E-state index in [9.17, 15) is 4.79 Å². The van der Waals surface area contributed by atoms with Crippen LogP contribution in [-0.4, -0.2) is 25.4 Å². The largest absolute Gasteiger partial charge is 0.331 e. The third-order valence-electron chi connectivity index (χ3n) is 4.50. The number of amides is 1. The molecule has 6 nitrogen and oxygen atoms in total. The number of hydrogen-bond acceptors (Lipinski definition) is 4. The molecule has 6 heteroatoms. The molecule has 4 rings (SSSR count). The molecule has 2 aromatic carbocycles. The number of carbonyl (C=O) groups excluding carboxylic acids is 1. The second-order valence-electron chi connectivity index (χ2n) is 6.32. The lowest BCUT2D eigenvalue weighted by Gasteiger charge is -2.07. The Bertz CT molecular complexity index is 1090. The number of carbonyl (C=O) groups is 1. The molecule has 1 amide bonds. The van der Waals surface area contributed by atoms with Gasteiger partial charge in [0.1, 0.15) is 11.5 Å². The average Bonchev–Trinajstić information content (AvgIpc) is 3.03. The van der Waals surface area contributed by atoms with Crippen molar-refractivity contribution in [1.82, 2.24) is 19.5 Å². The minimum atomic E-state index is -0.268. The van der Waals surface area contributed by atoms with Crippen LogP contribution in [-0.2, 0) is 19.9 Å². The van der Waals surface area contributed by atoms with E-state index in [0.29, 0.717) is 5.69 Å². The van der Waals surface area contributed by atoms with Crippen molar-refractivity contribution in [3.8, 4) is 0 Å². The SMILES string of the molecule is Cn1c(CCc2cccc(NC(=O)c3cnccn3)c2)nc2ccccc21. The van der Waals surface area contributed by atoms with Gasteiger partial charge in [-0.05, 0) is 36.2 Å². The number of nitrogens with zero attached hydrogens (tertiary/aromatic N) is 4. The monoisotopic (exact) mass is 357 g/mol. The van der Waals surface area contributed by atoms with Crippen molar-refractivity contribution in [1.29, 1.82) is 0 Å². The number of anilines is 1. The van der Waals surface area contributed by atoms with Crippen molar-refractivity contribution in [2.75, 3.05) is 5.32 Å². The Kier molecular flexibility index (Phi) is 4.61. The third-order valence-corrected chi connectivity index (χ3v) is 4.50. The molecule has 0 spiro atoms. The van der Waals surface area contributed by atoms with Crippen LogP contribution >= 0.6 is 0 Å². The Morgan fingerprint density at radius 1 is 1.07 bits per heavy atom. The third kappa shape index (κ3) is 3.69. The number of rotatable bonds is 5. The lowest BCUT2D eigenvalue weighted by atomic mass is 10.1. The van der Waals surface area contributed by atoms with E-state index in [1.807, 2.05) is 43.4 Å². The standard InChI is InChI=1S/C21H19N5O/c1-26-19-8-3-2-7-17(19)25-20(26)10-9-15-5-4-6-16(13-15)24-21(27)18-14-22-11-12-23-18/h2-8,11-14H,9-10H2,1H3,(H,24,27). The molecule has 0 aliphatic heterocycles. The van der Waals surface area contributed by atoms with Crippen molar-refractivity contribution in [2.24, 2.45) is 7.05 Å². The van der Waals surface area contributed by atoms with Gasteiger partial charge in [0.25, 0.3) is 5.91 Å². The first-order valence-corrected chi connectivity index (χ1v) is 8.77. The number of fused-ring (bicyclic) bond motifs is 1. The van der Waals surface area contributed by atoms with Gasteiger partial charge >= 0.3 is 0 Å². The van der Waals surface area contributed by atoms with Crippen molar-refractivity contribution < 1.29 is 4.79 Å². The maximum absolute atomic E-state index is 12.2. The van der Waals surface area contributed by atoms with E-state index in [1.165, 1.54) is 12.4 Å². The summed E-state index contributed by atoms with van der Waals surface area (Å²) in [6.07, 6.45) is 6.16. The zero-order chi connectivity index (χ0) is 18.6. The molecule has 0 bridgehead atoms. The topological polar surface area (TPSA) is 72.7 Å². The highest BCUT2D eigenvalue weighted by molar-refractivity contribution is 6.02. The molecular weight excluding hydrogens is 338 g/mol. The molecule has 0 atom stereocenters. The summed E-state index contributed by atoms with van der Waals surface area (Å²) < 4.78 is 2.13. The van der Waals surface area contributed by atoms with Crippen LogP contribution in [0.4, 0.5) is 5.69 Å². The second-order valence-corrected chi connectivity index (χ2v) is 6.32. The van der Waals surface area contributed by atoms with Gasteiger partial charge in [-0.25, -0.2) is 9.97 Å². The van der Waals surface area contributed by atoms with Gasteiger partial charge in [0.2, 0.25) is 0 Å². The van der Waals surface area contributed by atoms with Gasteiger partial charge in [-0.3, -0.25) is 9.78 Å². The molecule has 1 N–H and O–H groups in total. The molecule has 0 aliphatic carbocycles. The van der Waals surface area contributed by atoms with Crippen LogP contribution in [0, 0.1) is 0 Å². The first-order chi connectivity index (χ1) is 13.2. The zero-order valence-electron chi connectivity index (χ0n) is 15.0. The molecule has 2 aromatic heterocycles. The zero-order valence-corrected chi connectivity index (χ0v) is 15.0. The Balaban J connectivity index is 1.46. The van der Waals surface area contributed by atoms with E-state index in [0.717, 1.165) is 41.0 Å². The summed E-state index contributed by atoms with van der Waals surface area (Å²) in [5.74, 6) is 0.779. The summed E-state index contributed by atoms with van der Waals surface area (Å²) >= 11 is 0. The number of benzene rings is 2. The van der Waals surface area contributed by atoms with Gasteiger partial charge in [0, 0.05) is 31.5 Å². The van der Waals surface area contributed by atoms with Gasteiger partial charge in [0.15, 0.2) is 0 Å². The highest BCUT2D eigenvalue weighted by atomic mass is 16.1. The molecule has 0 saturated heterocycles. The first-order valence-electron chi connectivity index (χ1n) is 8.77. The molecule has 0 radical (unpaired) electrons. The molecule has 4 aromatic rings. The lowest BCUT2D eigenvalue weighted by Crippen LogP contribution is -2.13. The predicted octanol–water partition coefficient (Wildman–Crippen LogP) is 3.40. The lowest BCUT2D eigenvalue weighted by molar-refractivity contribution is 0.102. The summed E-state index contributed by atoms with van der Waals surface area (Å²) in [7, 11) is 2.04. The van der Waals surface area contributed by atoms with Gasteiger partial charge < -0.3 is 9.88 Å². The van der Waals surface area contributed by atoms with Crippen molar-refractivity contribution in [2.45, 2.75) is 12.8 Å². The van der Waals surface area contributed by atoms with Gasteiger partial charge in [0.05, 0.1) is 17.2 Å². The van der Waals surface area contributed by atoms with E-state index in [1.54, 1.807) is 6.20 Å². The van der Waals surface area contributed by atoms with E-state index in [-0.39, 0.29) is 5.91 Å². The minimum Gasteiger partial charge on any atom is -0.331 e. The van der Waals surface area contributed by atoms with E-state index >= 15 is 0 Å². The van der Waals surface area contributed by atoms with E-state index in [4.69, 9.17) is 4.98 Å². The van der Waals surface area contributed by atoms with Crippen molar-refractivity contribution in [3.05, 3.63) is 84.2 Å². The number of hydrogen-bond donors (Lipinski definition) is 1. The predicted molar refractivity (Wildman–Crippen MR) is 105 cm³/mol. The number of para-hydroxylation sites is 2. The molecular formula is C21H19N5O. The summed E-state index contributed by atoms with van der Waals surface area (Å²) in [5.41, 5.74) is 4.33. The number of aryl methyl sites for hydroxylation is 3. The Morgan fingerprint density at radius 3 is 2.78 bits per heavy atom. The molecule has 0 aliphatic rings. The van der Waals surface area contributed by atoms with Gasteiger partial charge in [-0.1, -0.05) is 24.3 Å². The van der Waals surface area contributed by atoms with Crippen molar-refractivity contribution in [3.63, 3.8) is 0 Å². The average molecular weight is 357 g/mol. The molecule has 0 unspecified atom stereocenters. The minimum absolute atomic E-state index is 0.268. The maximum Gasteiger partial charge on any atom is 0.275 e. The smallest absolute Gasteiger partial charge is 0.275 e. The quantitative estimate of drug-likeness (QED) is 0.594. The van der Waals surface area contributed by atoms with Gasteiger partial charge in [-0.2, -0.15) is 0 Å². The molecule has 134 valence electrons. The van der Waals surface area contributed by atoms with Crippen LogP contribution in [0.15, 0.2) is 67.1 Å². The Morgan fingerprint density at radius 2 is 1.96 bits per heavy atom. The summed E-state index contributed by atoms with van der Waals surface area (Å²) in [5, 5.41) is 2.87. The highest BCUT2D eigenvalue weighted by Crippen LogP contribution is 2.17. The van der Waals surface area contributed by atoms with Crippen LogP contribution in [0.5, 0.6) is 0 Å². The highest BCUT2D eigenvalue weighted by Gasteiger charge is 2.09. The number of aromatic nitrogens is 4. The fourth-order valence-electron chi connectivity index (χ4n) is 3.09. The number of imidazole rings is 1. The normalized spacial score (nSPS) is 10.9. The Hall–Kier alpha value is -3.54. The summed E-state index contributed by atoms with van der Waals surface area (Å²) in [4.78, 5) is 24.9. The van der Waals surface area contributed by atoms with Crippen LogP contribution in [0.1, 0.15) is 21.9 Å². The van der Waals surface area contributed by atoms with Crippen LogP contribution in [0.2, 0.25) is 0 Å². The fourth-order valence-corrected chi connectivity index (χ4v) is 3.09. The maximum atomic E-state index is 12.2. The molecule has 0 saturated carbocycles. The summed E-state index contributed by atoms with van der Waals surface area (Å²) in [6.45, 7) is 0. The molecule has 2 heterocycles. The van der Waals surface area contributed by atoms with Crippen LogP contribution < -0.4 is 5.32 Å². The van der Waals surface area contributed by atoms with E-state index in [2.05, 4.69) is 32.0 Å². The fraction of sp³-hybridized carbons (Fsp3) is 0.143. The molecule has 0 fully saturated rings. The van der Waals surface area contributed by atoms with Crippen LogP contribution in [0.25, 0.3) is 11.0 Å². The van der Waals surface area contributed by atoms with Gasteiger partial charge in [-0.15, -0.1) is 0 Å². The summed E-state index contributed by atoms with van der Waals surface area (Å²) in [6, 6.07) is 16.0. The second kappa shape index (κ2) is 7.37. The van der Waals surface area contributed by atoms with Crippen molar-refractivity contribution >= 4 is 22.6 Å². The first kappa shape index (κ1) is 16.9. The molecule has 27 heavy (non-hydrogen) atoms. The van der Waals surface area contributed by atoms with E-state index < -0.39 is 0 Å². The van der Waals surface area contributed by atoms with Crippen LogP contribution in [0.3, 0.4) is 0 Å². The number of nitrogens with one attached hydrogen (secondary N) is 1. The Labute approximate surface area is 156 Å².